The van der Waals surface area contributed by atoms with Crippen molar-refractivity contribution in [3.05, 3.63) is 68.6 Å². The Morgan fingerprint density at radius 2 is 1.84 bits per heavy atom. The molecular formula is C24H23Cl2N3O2S. The van der Waals surface area contributed by atoms with E-state index in [0.717, 1.165) is 48.1 Å². The molecule has 2 aliphatic heterocycles. The maximum Gasteiger partial charge on any atom is 0.231 e. The molecule has 5 nitrogen and oxygen atoms in total. The molecule has 0 radical (unpaired) electrons. The summed E-state index contributed by atoms with van der Waals surface area (Å²) in [6, 6.07) is 12.1. The van der Waals surface area contributed by atoms with E-state index in [1.54, 1.807) is 11.3 Å². The number of nitrogens with one attached hydrogen (secondary N) is 1. The number of fused-ring (bicyclic) bond motifs is 1. The lowest BCUT2D eigenvalue weighted by atomic mass is 10.0. The third kappa shape index (κ3) is 3.73. The van der Waals surface area contributed by atoms with Crippen molar-refractivity contribution in [3.63, 3.8) is 0 Å². The molecule has 1 N–H and O–H groups in total. The number of aromatic nitrogens is 1. The summed E-state index contributed by atoms with van der Waals surface area (Å²) in [5, 5.41) is 6.01. The van der Waals surface area contributed by atoms with E-state index in [1.165, 1.54) is 23.3 Å². The molecule has 2 fully saturated rings. The first kappa shape index (κ1) is 20.6. The van der Waals surface area contributed by atoms with E-state index in [4.69, 9.17) is 37.7 Å². The molecule has 166 valence electrons. The van der Waals surface area contributed by atoms with E-state index in [0.29, 0.717) is 16.8 Å². The van der Waals surface area contributed by atoms with Gasteiger partial charge in [-0.2, -0.15) is 0 Å². The number of nitrogens with zero attached hydrogens (tertiary/aromatic N) is 2. The predicted molar refractivity (Wildman–Crippen MR) is 128 cm³/mol. The Balaban J connectivity index is 1.29. The van der Waals surface area contributed by atoms with Gasteiger partial charge in [-0.3, -0.25) is 4.90 Å². The molecule has 1 saturated heterocycles. The van der Waals surface area contributed by atoms with Gasteiger partial charge in [-0.25, -0.2) is 4.98 Å². The van der Waals surface area contributed by atoms with Crippen molar-refractivity contribution in [1.29, 1.82) is 0 Å². The highest BCUT2D eigenvalue weighted by Crippen LogP contribution is 2.51. The summed E-state index contributed by atoms with van der Waals surface area (Å²) in [5.41, 5.74) is 2.22. The van der Waals surface area contributed by atoms with E-state index in [2.05, 4.69) is 28.4 Å². The zero-order valence-electron chi connectivity index (χ0n) is 17.4. The highest BCUT2D eigenvalue weighted by molar-refractivity contribution is 7.15. The average Bonchev–Trinajstić information content (AvgIpc) is 3.20. The van der Waals surface area contributed by atoms with Crippen molar-refractivity contribution < 1.29 is 9.47 Å². The Labute approximate surface area is 201 Å². The van der Waals surface area contributed by atoms with E-state index >= 15 is 0 Å². The van der Waals surface area contributed by atoms with E-state index < -0.39 is 0 Å². The molecule has 1 unspecified atom stereocenters. The number of ether oxygens (including phenoxy) is 2. The summed E-state index contributed by atoms with van der Waals surface area (Å²) < 4.78 is 11.0. The second-order valence-corrected chi connectivity index (χ2v) is 10.6. The highest BCUT2D eigenvalue weighted by atomic mass is 35.5. The van der Waals surface area contributed by atoms with Crippen LogP contribution in [0.3, 0.4) is 0 Å². The van der Waals surface area contributed by atoms with Crippen molar-refractivity contribution in [2.24, 2.45) is 0 Å². The Morgan fingerprint density at radius 1 is 1.03 bits per heavy atom. The van der Waals surface area contributed by atoms with Crippen LogP contribution in [0.15, 0.2) is 42.6 Å². The molecule has 1 saturated carbocycles. The first-order chi connectivity index (χ1) is 15.6. The quantitative estimate of drug-likeness (QED) is 0.431. The number of thiazole rings is 1. The Kier molecular flexibility index (Phi) is 5.22. The number of rotatable bonds is 6. The lowest BCUT2D eigenvalue weighted by molar-refractivity contribution is 0.174. The van der Waals surface area contributed by atoms with Crippen molar-refractivity contribution in [2.75, 3.05) is 25.2 Å². The molecule has 1 aromatic heterocycles. The molecule has 0 bridgehead atoms. The summed E-state index contributed by atoms with van der Waals surface area (Å²) >= 11 is 14.5. The largest absolute Gasteiger partial charge is 0.454 e. The summed E-state index contributed by atoms with van der Waals surface area (Å²) in [6.07, 6.45) is 6.55. The lowest BCUT2D eigenvalue weighted by Crippen LogP contribution is -2.26. The van der Waals surface area contributed by atoms with Gasteiger partial charge in [0.15, 0.2) is 16.6 Å². The van der Waals surface area contributed by atoms with Crippen LogP contribution in [-0.2, 0) is 5.54 Å². The minimum absolute atomic E-state index is 0.0861. The molecule has 2 aromatic carbocycles. The zero-order chi connectivity index (χ0) is 21.7. The van der Waals surface area contributed by atoms with Gasteiger partial charge in [0, 0.05) is 21.1 Å². The van der Waals surface area contributed by atoms with Crippen LogP contribution in [0.1, 0.15) is 47.7 Å². The van der Waals surface area contributed by atoms with Crippen molar-refractivity contribution in [2.45, 2.75) is 37.3 Å². The number of likely N-dealkylation sites (tertiary alicyclic amines) is 1. The van der Waals surface area contributed by atoms with Crippen LogP contribution < -0.4 is 14.8 Å². The van der Waals surface area contributed by atoms with Gasteiger partial charge in [0.1, 0.15) is 0 Å². The van der Waals surface area contributed by atoms with Gasteiger partial charge >= 0.3 is 0 Å². The number of hydrogen-bond donors (Lipinski definition) is 1. The molecule has 6 rings (SSSR count). The van der Waals surface area contributed by atoms with Gasteiger partial charge < -0.3 is 14.8 Å². The van der Waals surface area contributed by atoms with Crippen LogP contribution in [0.2, 0.25) is 10.0 Å². The number of anilines is 1. The molecule has 8 heteroatoms. The molecule has 1 atom stereocenters. The normalized spacial score (nSPS) is 19.8. The smallest absolute Gasteiger partial charge is 0.231 e. The van der Waals surface area contributed by atoms with Crippen LogP contribution >= 0.6 is 34.5 Å². The standard InChI is InChI=1S/C24H23Cl2N3O2S/c25-16-4-5-17(18(26)12-16)22(29-9-1-2-10-29)21-13-27-23(32-21)28-24(7-8-24)15-3-6-19-20(11-15)31-14-30-19/h3-6,11-13,22H,1-2,7-10,14H2,(H,27,28). The molecule has 1 aliphatic carbocycles. The molecule has 3 heterocycles. The molecule has 32 heavy (non-hydrogen) atoms. The van der Waals surface area contributed by atoms with E-state index in [9.17, 15) is 0 Å². The molecule has 0 amide bonds. The fraction of sp³-hybridized carbons (Fsp3) is 0.375. The molecular weight excluding hydrogens is 465 g/mol. The maximum absolute atomic E-state index is 6.64. The Morgan fingerprint density at radius 3 is 2.62 bits per heavy atom. The van der Waals surface area contributed by atoms with E-state index in [-0.39, 0.29) is 11.6 Å². The summed E-state index contributed by atoms with van der Waals surface area (Å²) in [7, 11) is 0. The minimum Gasteiger partial charge on any atom is -0.454 e. The number of hydrogen-bond acceptors (Lipinski definition) is 6. The number of halogens is 2. The van der Waals surface area contributed by atoms with Crippen LogP contribution in [0.25, 0.3) is 0 Å². The fourth-order valence-corrected chi connectivity index (χ4v) is 6.31. The van der Waals surface area contributed by atoms with Crippen LogP contribution in [0.4, 0.5) is 5.13 Å². The van der Waals surface area contributed by atoms with Gasteiger partial charge in [0.05, 0.1) is 11.6 Å². The van der Waals surface area contributed by atoms with Gasteiger partial charge in [0.25, 0.3) is 0 Å². The number of benzene rings is 2. The van der Waals surface area contributed by atoms with Gasteiger partial charge in [-0.15, -0.1) is 11.3 Å². The maximum atomic E-state index is 6.64. The first-order valence-electron chi connectivity index (χ1n) is 10.9. The van der Waals surface area contributed by atoms with Gasteiger partial charge in [-0.1, -0.05) is 35.3 Å². The predicted octanol–water partition coefficient (Wildman–Crippen LogP) is 6.47. The Bertz CT molecular complexity index is 1160. The van der Waals surface area contributed by atoms with Crippen molar-refractivity contribution >= 4 is 39.7 Å². The second-order valence-electron chi connectivity index (χ2n) is 8.65. The van der Waals surface area contributed by atoms with Crippen LogP contribution in [-0.4, -0.2) is 29.8 Å². The topological polar surface area (TPSA) is 46.6 Å². The zero-order valence-corrected chi connectivity index (χ0v) is 19.8. The minimum atomic E-state index is -0.0861. The summed E-state index contributed by atoms with van der Waals surface area (Å²) in [4.78, 5) is 8.45. The monoisotopic (exact) mass is 487 g/mol. The van der Waals surface area contributed by atoms with Crippen molar-refractivity contribution in [3.8, 4) is 11.5 Å². The third-order valence-electron chi connectivity index (χ3n) is 6.58. The summed E-state index contributed by atoms with van der Waals surface area (Å²) in [5.74, 6) is 1.64. The highest BCUT2D eigenvalue weighted by Gasteiger charge is 2.45. The Hall–Kier alpha value is -1.99. The first-order valence-corrected chi connectivity index (χ1v) is 12.5. The van der Waals surface area contributed by atoms with Crippen LogP contribution in [0.5, 0.6) is 11.5 Å². The van der Waals surface area contributed by atoms with Crippen molar-refractivity contribution in [1.82, 2.24) is 9.88 Å². The second kappa shape index (κ2) is 8.10. The fourth-order valence-electron chi connectivity index (χ4n) is 4.73. The molecule has 3 aromatic rings. The van der Waals surface area contributed by atoms with Crippen LogP contribution in [0, 0.1) is 0 Å². The average molecular weight is 488 g/mol. The molecule has 0 spiro atoms. The molecule has 3 aliphatic rings. The third-order valence-corrected chi connectivity index (χ3v) is 8.10. The van der Waals surface area contributed by atoms with Gasteiger partial charge in [-0.05, 0) is 74.2 Å². The van der Waals surface area contributed by atoms with Gasteiger partial charge in [0.2, 0.25) is 6.79 Å². The SMILES string of the molecule is Clc1ccc(C(c2cnc(NC3(c4ccc5c(c4)OCO5)CC3)s2)N2CCCC2)c(Cl)c1. The lowest BCUT2D eigenvalue weighted by Gasteiger charge is -2.27. The van der Waals surface area contributed by atoms with E-state index in [1.807, 2.05) is 24.4 Å². The summed E-state index contributed by atoms with van der Waals surface area (Å²) in [6.45, 7) is 2.41.